The first-order valence-corrected chi connectivity index (χ1v) is 7.09. The number of anilines is 1. The molecule has 2 rings (SSSR count). The van der Waals surface area contributed by atoms with Gasteiger partial charge in [-0.15, -0.1) is 0 Å². The van der Waals surface area contributed by atoms with E-state index >= 15 is 0 Å². The highest BCUT2D eigenvalue weighted by atomic mass is 79.9. The Morgan fingerprint density at radius 3 is 3.00 bits per heavy atom. The Hall–Kier alpha value is -1.05. The van der Waals surface area contributed by atoms with Gasteiger partial charge in [0.1, 0.15) is 0 Å². The molecule has 1 aromatic carbocycles. The zero-order valence-electron chi connectivity index (χ0n) is 10.3. The lowest BCUT2D eigenvalue weighted by atomic mass is 9.95. The average Bonchev–Trinajstić information content (AvgIpc) is 2.39. The Bertz CT molecular complexity index is 454. The molecule has 0 spiro atoms. The van der Waals surface area contributed by atoms with Crippen molar-refractivity contribution in [2.24, 2.45) is 5.92 Å². The fourth-order valence-electron chi connectivity index (χ4n) is 2.53. The normalized spacial score (nSPS) is 19.6. The number of hydrogen-bond donors (Lipinski definition) is 1. The number of halogens is 1. The summed E-state index contributed by atoms with van der Waals surface area (Å²) < 4.78 is 0.978. The quantitative estimate of drug-likeness (QED) is 0.934. The van der Waals surface area contributed by atoms with Crippen molar-refractivity contribution in [2.75, 3.05) is 24.6 Å². The largest absolute Gasteiger partial charge is 0.396 e. The molecule has 1 fully saturated rings. The molecule has 0 aromatic heterocycles. The lowest BCUT2D eigenvalue weighted by molar-refractivity contribution is 0.244. The molecule has 1 aliphatic rings. The van der Waals surface area contributed by atoms with Crippen LogP contribution in [0, 0.1) is 17.2 Å². The number of aliphatic hydroxyl groups excluding tert-OH is 1. The van der Waals surface area contributed by atoms with Crippen molar-refractivity contribution in [1.29, 1.82) is 5.26 Å². The topological polar surface area (TPSA) is 47.3 Å². The van der Waals surface area contributed by atoms with Gasteiger partial charge < -0.3 is 10.0 Å². The van der Waals surface area contributed by atoms with Crippen LogP contribution in [0.25, 0.3) is 0 Å². The standard InChI is InChI=1S/C14H17BrN2O/c15-13-8-12(9-16)3-4-14(13)17-6-1-2-11(10-17)5-7-18/h3-4,8,11,18H,1-2,5-7,10H2. The third-order valence-electron chi connectivity index (χ3n) is 3.47. The van der Waals surface area contributed by atoms with Crippen molar-refractivity contribution in [3.8, 4) is 6.07 Å². The van der Waals surface area contributed by atoms with Gasteiger partial charge in [0.05, 0.1) is 17.3 Å². The second-order valence-electron chi connectivity index (χ2n) is 4.74. The van der Waals surface area contributed by atoms with E-state index in [-0.39, 0.29) is 6.61 Å². The Morgan fingerprint density at radius 2 is 2.33 bits per heavy atom. The van der Waals surface area contributed by atoms with Crippen LogP contribution in [-0.2, 0) is 0 Å². The van der Waals surface area contributed by atoms with Gasteiger partial charge in [-0.05, 0) is 59.3 Å². The molecule has 1 aromatic rings. The van der Waals surface area contributed by atoms with E-state index < -0.39 is 0 Å². The van der Waals surface area contributed by atoms with Crippen LogP contribution in [-0.4, -0.2) is 24.8 Å². The van der Waals surface area contributed by atoms with Crippen LogP contribution in [0.1, 0.15) is 24.8 Å². The minimum Gasteiger partial charge on any atom is -0.396 e. The van der Waals surface area contributed by atoms with E-state index in [0.29, 0.717) is 11.5 Å². The molecule has 1 unspecified atom stereocenters. The number of piperidine rings is 1. The summed E-state index contributed by atoms with van der Waals surface area (Å²) in [4.78, 5) is 2.34. The molecular formula is C14H17BrN2O. The molecule has 0 amide bonds. The first kappa shape index (κ1) is 13.4. The Labute approximate surface area is 116 Å². The van der Waals surface area contributed by atoms with Crippen molar-refractivity contribution in [3.05, 3.63) is 28.2 Å². The van der Waals surface area contributed by atoms with E-state index in [9.17, 15) is 0 Å². The van der Waals surface area contributed by atoms with Crippen LogP contribution in [0.2, 0.25) is 0 Å². The maximum atomic E-state index is 9.03. The molecule has 1 N–H and O–H groups in total. The van der Waals surface area contributed by atoms with Crippen molar-refractivity contribution < 1.29 is 5.11 Å². The van der Waals surface area contributed by atoms with Crippen LogP contribution in [0.3, 0.4) is 0 Å². The van der Waals surface area contributed by atoms with E-state index in [1.165, 1.54) is 6.42 Å². The summed E-state index contributed by atoms with van der Waals surface area (Å²) in [5, 5.41) is 17.9. The molecule has 96 valence electrons. The number of hydrogen-bond acceptors (Lipinski definition) is 3. The van der Waals surface area contributed by atoms with Gasteiger partial charge >= 0.3 is 0 Å². The van der Waals surface area contributed by atoms with Gasteiger partial charge in [-0.2, -0.15) is 5.26 Å². The number of benzene rings is 1. The molecule has 4 heteroatoms. The fourth-order valence-corrected chi connectivity index (χ4v) is 3.16. The van der Waals surface area contributed by atoms with Gasteiger partial charge in [-0.1, -0.05) is 0 Å². The molecule has 0 radical (unpaired) electrons. The smallest absolute Gasteiger partial charge is 0.0992 e. The highest BCUT2D eigenvalue weighted by molar-refractivity contribution is 9.10. The molecule has 0 aliphatic carbocycles. The van der Waals surface area contributed by atoms with Gasteiger partial charge in [0.25, 0.3) is 0 Å². The second-order valence-corrected chi connectivity index (χ2v) is 5.60. The summed E-state index contributed by atoms with van der Waals surface area (Å²) >= 11 is 3.54. The minimum atomic E-state index is 0.271. The molecule has 0 saturated carbocycles. The number of nitrogens with zero attached hydrogens (tertiary/aromatic N) is 2. The summed E-state index contributed by atoms with van der Waals surface area (Å²) in [5.74, 6) is 0.575. The summed E-state index contributed by atoms with van der Waals surface area (Å²) in [6.45, 7) is 2.31. The number of rotatable bonds is 3. The molecule has 1 aliphatic heterocycles. The third kappa shape index (κ3) is 3.04. The molecule has 1 atom stereocenters. The Kier molecular flexibility index (Phi) is 4.62. The van der Waals surface area contributed by atoms with Gasteiger partial charge in [0.15, 0.2) is 0 Å². The van der Waals surface area contributed by atoms with E-state index in [1.54, 1.807) is 0 Å². The Morgan fingerprint density at radius 1 is 1.50 bits per heavy atom. The molecule has 0 bridgehead atoms. The first-order chi connectivity index (χ1) is 8.74. The zero-order chi connectivity index (χ0) is 13.0. The summed E-state index contributed by atoms with van der Waals surface area (Å²) in [6.07, 6.45) is 3.24. The predicted molar refractivity (Wildman–Crippen MR) is 75.5 cm³/mol. The SMILES string of the molecule is N#Cc1ccc(N2CCCC(CCO)C2)c(Br)c1. The minimum absolute atomic E-state index is 0.271. The van der Waals surface area contributed by atoms with Gasteiger partial charge in [-0.25, -0.2) is 0 Å². The molecular weight excluding hydrogens is 292 g/mol. The molecule has 3 nitrogen and oxygen atoms in total. The maximum absolute atomic E-state index is 9.03. The predicted octanol–water partition coefficient (Wildman–Crippen LogP) is 2.92. The molecule has 1 heterocycles. The van der Waals surface area contributed by atoms with Crippen molar-refractivity contribution in [3.63, 3.8) is 0 Å². The number of aliphatic hydroxyl groups is 1. The van der Waals surface area contributed by atoms with Crippen LogP contribution in [0.15, 0.2) is 22.7 Å². The van der Waals surface area contributed by atoms with Crippen LogP contribution >= 0.6 is 15.9 Å². The summed E-state index contributed by atoms with van der Waals surface area (Å²) in [7, 11) is 0. The highest BCUT2D eigenvalue weighted by Gasteiger charge is 2.21. The Balaban J connectivity index is 2.13. The average molecular weight is 309 g/mol. The lowest BCUT2D eigenvalue weighted by Crippen LogP contribution is -2.35. The summed E-state index contributed by atoms with van der Waals surface area (Å²) in [5.41, 5.74) is 1.83. The van der Waals surface area contributed by atoms with Gasteiger partial charge in [0.2, 0.25) is 0 Å². The van der Waals surface area contributed by atoms with Crippen molar-refractivity contribution >= 4 is 21.6 Å². The van der Waals surface area contributed by atoms with Crippen molar-refractivity contribution in [1.82, 2.24) is 0 Å². The van der Waals surface area contributed by atoms with Gasteiger partial charge in [-0.3, -0.25) is 0 Å². The van der Waals surface area contributed by atoms with Crippen LogP contribution in [0.4, 0.5) is 5.69 Å². The molecule has 1 saturated heterocycles. The van der Waals surface area contributed by atoms with Gasteiger partial charge in [0, 0.05) is 24.2 Å². The van der Waals surface area contributed by atoms with Crippen LogP contribution < -0.4 is 4.90 Å². The zero-order valence-corrected chi connectivity index (χ0v) is 11.9. The van der Waals surface area contributed by atoms with E-state index in [4.69, 9.17) is 10.4 Å². The highest BCUT2D eigenvalue weighted by Crippen LogP contribution is 2.31. The third-order valence-corrected chi connectivity index (χ3v) is 4.11. The van der Waals surface area contributed by atoms with Crippen molar-refractivity contribution in [2.45, 2.75) is 19.3 Å². The number of nitriles is 1. The lowest BCUT2D eigenvalue weighted by Gasteiger charge is -2.34. The van der Waals surface area contributed by atoms with Crippen LogP contribution in [0.5, 0.6) is 0 Å². The second kappa shape index (κ2) is 6.21. The van der Waals surface area contributed by atoms with E-state index in [0.717, 1.165) is 36.1 Å². The first-order valence-electron chi connectivity index (χ1n) is 6.30. The maximum Gasteiger partial charge on any atom is 0.0992 e. The summed E-state index contributed by atoms with van der Waals surface area (Å²) in [6, 6.07) is 7.87. The van der Waals surface area contributed by atoms with E-state index in [2.05, 4.69) is 26.9 Å². The van der Waals surface area contributed by atoms with E-state index in [1.807, 2.05) is 18.2 Å². The monoisotopic (exact) mass is 308 g/mol. The fraction of sp³-hybridized carbons (Fsp3) is 0.500. The molecule has 18 heavy (non-hydrogen) atoms.